The SMILES string of the molecule is CCc1nn(C)c(N2CCCCC2CCO)c1[N+](=O)[O-]. The van der Waals surface area contributed by atoms with Gasteiger partial charge in [-0.05, 0) is 32.1 Å². The largest absolute Gasteiger partial charge is 0.396 e. The summed E-state index contributed by atoms with van der Waals surface area (Å²) in [4.78, 5) is 13.1. The minimum Gasteiger partial charge on any atom is -0.396 e. The Morgan fingerprint density at radius 2 is 2.25 bits per heavy atom. The first-order chi connectivity index (χ1) is 9.60. The summed E-state index contributed by atoms with van der Waals surface area (Å²) < 4.78 is 1.62. The molecule has 1 aliphatic rings. The predicted molar refractivity (Wildman–Crippen MR) is 75.9 cm³/mol. The molecule has 1 atom stereocenters. The average Bonchev–Trinajstić information content (AvgIpc) is 2.76. The van der Waals surface area contributed by atoms with E-state index in [1.165, 1.54) is 0 Å². The van der Waals surface area contributed by atoms with E-state index in [1.54, 1.807) is 11.7 Å². The molecule has 0 aliphatic carbocycles. The molecule has 7 nitrogen and oxygen atoms in total. The van der Waals surface area contributed by atoms with Crippen LogP contribution in [0.2, 0.25) is 0 Å². The summed E-state index contributed by atoms with van der Waals surface area (Å²) in [6.07, 6.45) is 4.27. The minimum absolute atomic E-state index is 0.105. The molecule has 1 aromatic rings. The fourth-order valence-electron chi connectivity index (χ4n) is 3.03. The molecule has 0 spiro atoms. The summed E-state index contributed by atoms with van der Waals surface area (Å²) in [7, 11) is 1.76. The molecule has 20 heavy (non-hydrogen) atoms. The molecule has 2 heterocycles. The lowest BCUT2D eigenvalue weighted by Crippen LogP contribution is -2.41. The zero-order chi connectivity index (χ0) is 14.7. The number of rotatable bonds is 5. The number of aliphatic hydroxyl groups is 1. The number of nitrogens with zero attached hydrogens (tertiary/aromatic N) is 4. The highest BCUT2D eigenvalue weighted by Crippen LogP contribution is 2.36. The van der Waals surface area contributed by atoms with Crippen molar-refractivity contribution >= 4 is 11.5 Å². The highest BCUT2D eigenvalue weighted by Gasteiger charge is 2.34. The molecule has 7 heteroatoms. The summed E-state index contributed by atoms with van der Waals surface area (Å²) in [6.45, 7) is 2.77. The number of nitro groups is 1. The maximum absolute atomic E-state index is 11.4. The Morgan fingerprint density at radius 1 is 1.50 bits per heavy atom. The molecule has 1 unspecified atom stereocenters. The Bertz CT molecular complexity index is 484. The van der Waals surface area contributed by atoms with Gasteiger partial charge in [0.15, 0.2) is 0 Å². The van der Waals surface area contributed by atoms with Gasteiger partial charge in [-0.25, -0.2) is 4.68 Å². The molecule has 0 aromatic carbocycles. The van der Waals surface area contributed by atoms with Gasteiger partial charge in [-0.3, -0.25) is 10.1 Å². The molecule has 0 bridgehead atoms. The number of piperidine rings is 1. The standard InChI is InChI=1S/C13H22N4O3/c1-3-11-12(17(19)20)13(15(2)14-11)16-8-5-4-6-10(16)7-9-18/h10,18H,3-9H2,1-2H3. The van der Waals surface area contributed by atoms with Gasteiger partial charge in [-0.2, -0.15) is 5.10 Å². The Kier molecular flexibility index (Phi) is 4.59. The molecule has 112 valence electrons. The first-order valence-electron chi connectivity index (χ1n) is 7.17. The van der Waals surface area contributed by atoms with Gasteiger partial charge in [0.05, 0.1) is 4.92 Å². The van der Waals surface area contributed by atoms with E-state index in [4.69, 9.17) is 0 Å². The van der Waals surface area contributed by atoms with Crippen LogP contribution >= 0.6 is 0 Å². The number of aliphatic hydroxyl groups excluding tert-OH is 1. The molecule has 1 aliphatic heterocycles. The van der Waals surface area contributed by atoms with Crippen molar-refractivity contribution in [3.63, 3.8) is 0 Å². The predicted octanol–water partition coefficient (Wildman–Crippen LogP) is 1.63. The van der Waals surface area contributed by atoms with Crippen LogP contribution in [0, 0.1) is 10.1 Å². The van der Waals surface area contributed by atoms with Gasteiger partial charge in [0, 0.05) is 26.2 Å². The highest BCUT2D eigenvalue weighted by atomic mass is 16.6. The van der Waals surface area contributed by atoms with Crippen molar-refractivity contribution < 1.29 is 10.0 Å². The number of aromatic nitrogens is 2. The van der Waals surface area contributed by atoms with Crippen LogP contribution in [0.4, 0.5) is 11.5 Å². The van der Waals surface area contributed by atoms with Crippen LogP contribution in [-0.2, 0) is 13.5 Å². The molecule has 0 saturated carbocycles. The first kappa shape index (κ1) is 14.8. The molecule has 1 aromatic heterocycles. The van der Waals surface area contributed by atoms with Crippen molar-refractivity contribution in [3.8, 4) is 0 Å². The Labute approximate surface area is 118 Å². The fraction of sp³-hybridized carbons (Fsp3) is 0.769. The van der Waals surface area contributed by atoms with Crippen LogP contribution in [0.1, 0.15) is 38.3 Å². The van der Waals surface area contributed by atoms with Crippen LogP contribution in [0.25, 0.3) is 0 Å². The van der Waals surface area contributed by atoms with Crippen LogP contribution in [0.15, 0.2) is 0 Å². The van der Waals surface area contributed by atoms with Crippen LogP contribution < -0.4 is 4.90 Å². The monoisotopic (exact) mass is 282 g/mol. The maximum atomic E-state index is 11.4. The fourth-order valence-corrected chi connectivity index (χ4v) is 3.03. The van der Waals surface area contributed by atoms with E-state index >= 15 is 0 Å². The maximum Gasteiger partial charge on any atom is 0.334 e. The molecular formula is C13H22N4O3. The third-order valence-corrected chi connectivity index (χ3v) is 3.94. The number of hydrogen-bond acceptors (Lipinski definition) is 5. The molecule has 1 fully saturated rings. The van der Waals surface area contributed by atoms with E-state index in [0.29, 0.717) is 24.4 Å². The third kappa shape index (κ3) is 2.63. The van der Waals surface area contributed by atoms with E-state index in [-0.39, 0.29) is 23.3 Å². The average molecular weight is 282 g/mol. The van der Waals surface area contributed by atoms with E-state index < -0.39 is 0 Å². The zero-order valence-corrected chi connectivity index (χ0v) is 12.1. The molecular weight excluding hydrogens is 260 g/mol. The van der Waals surface area contributed by atoms with Crippen molar-refractivity contribution in [2.24, 2.45) is 7.05 Å². The van der Waals surface area contributed by atoms with Crippen molar-refractivity contribution in [2.45, 2.75) is 45.1 Å². The van der Waals surface area contributed by atoms with Crippen LogP contribution in [0.5, 0.6) is 0 Å². The molecule has 1 N–H and O–H groups in total. The van der Waals surface area contributed by atoms with Gasteiger partial charge in [-0.1, -0.05) is 6.92 Å². The molecule has 2 rings (SSSR count). The Balaban J connectivity index is 2.43. The van der Waals surface area contributed by atoms with Crippen LogP contribution in [-0.4, -0.2) is 39.0 Å². The second-order valence-corrected chi connectivity index (χ2v) is 5.21. The lowest BCUT2D eigenvalue weighted by atomic mass is 9.99. The normalized spacial score (nSPS) is 19.4. The van der Waals surface area contributed by atoms with Gasteiger partial charge >= 0.3 is 5.69 Å². The van der Waals surface area contributed by atoms with E-state index in [0.717, 1.165) is 25.8 Å². The Morgan fingerprint density at radius 3 is 2.85 bits per heavy atom. The smallest absolute Gasteiger partial charge is 0.334 e. The number of anilines is 1. The zero-order valence-electron chi connectivity index (χ0n) is 12.1. The van der Waals surface area contributed by atoms with Crippen LogP contribution in [0.3, 0.4) is 0 Å². The second kappa shape index (κ2) is 6.21. The lowest BCUT2D eigenvalue weighted by Gasteiger charge is -2.36. The number of hydrogen-bond donors (Lipinski definition) is 1. The topological polar surface area (TPSA) is 84.4 Å². The van der Waals surface area contributed by atoms with Gasteiger partial charge in [0.2, 0.25) is 5.82 Å². The van der Waals surface area contributed by atoms with Crippen molar-refractivity contribution in [1.29, 1.82) is 0 Å². The Hall–Kier alpha value is -1.63. The van der Waals surface area contributed by atoms with Gasteiger partial charge in [-0.15, -0.1) is 0 Å². The van der Waals surface area contributed by atoms with Gasteiger partial charge in [0.25, 0.3) is 0 Å². The quantitative estimate of drug-likeness (QED) is 0.655. The van der Waals surface area contributed by atoms with E-state index in [1.807, 2.05) is 6.92 Å². The summed E-state index contributed by atoms with van der Waals surface area (Å²) in [5, 5.41) is 24.9. The second-order valence-electron chi connectivity index (χ2n) is 5.21. The van der Waals surface area contributed by atoms with Crippen molar-refractivity contribution in [2.75, 3.05) is 18.1 Å². The van der Waals surface area contributed by atoms with Crippen molar-refractivity contribution in [3.05, 3.63) is 15.8 Å². The summed E-state index contributed by atoms with van der Waals surface area (Å²) >= 11 is 0. The third-order valence-electron chi connectivity index (χ3n) is 3.94. The summed E-state index contributed by atoms with van der Waals surface area (Å²) in [6, 6.07) is 0.160. The van der Waals surface area contributed by atoms with Gasteiger partial charge in [0.1, 0.15) is 5.69 Å². The van der Waals surface area contributed by atoms with Gasteiger partial charge < -0.3 is 10.0 Å². The number of aryl methyl sites for hydroxylation is 2. The minimum atomic E-state index is -0.328. The molecule has 0 amide bonds. The molecule has 1 saturated heterocycles. The van der Waals surface area contributed by atoms with E-state index in [2.05, 4.69) is 10.00 Å². The summed E-state index contributed by atoms with van der Waals surface area (Å²) in [5.74, 6) is 0.588. The highest BCUT2D eigenvalue weighted by molar-refractivity contribution is 5.62. The van der Waals surface area contributed by atoms with E-state index in [9.17, 15) is 15.2 Å². The van der Waals surface area contributed by atoms with Crippen molar-refractivity contribution in [1.82, 2.24) is 9.78 Å². The first-order valence-corrected chi connectivity index (χ1v) is 7.17. The summed E-state index contributed by atoms with van der Waals surface area (Å²) in [5.41, 5.74) is 0.653. The molecule has 0 radical (unpaired) electrons. The lowest BCUT2D eigenvalue weighted by molar-refractivity contribution is -0.384.